The molecule has 2 atom stereocenters. The molecule has 2 aliphatic heterocycles. The number of benzene rings is 2. The van der Waals surface area contributed by atoms with E-state index in [1.54, 1.807) is 23.7 Å². The van der Waals surface area contributed by atoms with Gasteiger partial charge in [0.15, 0.2) is 0 Å². The monoisotopic (exact) mass is 460 g/mol. The lowest BCUT2D eigenvalue weighted by Crippen LogP contribution is -2.48. The van der Waals surface area contributed by atoms with Crippen LogP contribution < -0.4 is 4.90 Å². The van der Waals surface area contributed by atoms with E-state index in [1.165, 1.54) is 27.8 Å². The molecule has 33 heavy (non-hydrogen) atoms. The quantitative estimate of drug-likeness (QED) is 0.536. The van der Waals surface area contributed by atoms with Crippen LogP contribution in [0.5, 0.6) is 0 Å². The molecule has 0 N–H and O–H groups in total. The molecule has 170 valence electrons. The molecule has 6 rings (SSSR count). The van der Waals surface area contributed by atoms with E-state index >= 15 is 0 Å². The zero-order valence-corrected chi connectivity index (χ0v) is 19.5. The van der Waals surface area contributed by atoms with Crippen LogP contribution in [0.25, 0.3) is 10.1 Å². The average molecular weight is 461 g/mol. The second kappa shape index (κ2) is 8.54. The molecule has 2 aromatic carbocycles. The molecule has 2 amide bonds. The Bertz CT molecular complexity index is 1160. The predicted octanol–water partition coefficient (Wildman–Crippen LogP) is 4.13. The van der Waals surface area contributed by atoms with Crippen LogP contribution in [0.15, 0.2) is 48.5 Å². The average Bonchev–Trinajstić information content (AvgIpc) is 3.54. The van der Waals surface area contributed by atoms with Crippen molar-refractivity contribution in [3.8, 4) is 0 Å². The Kier molecular flexibility index (Phi) is 5.38. The van der Waals surface area contributed by atoms with Crippen molar-refractivity contribution in [1.82, 2.24) is 14.2 Å². The van der Waals surface area contributed by atoms with Gasteiger partial charge in [0.1, 0.15) is 5.82 Å². The summed E-state index contributed by atoms with van der Waals surface area (Å²) >= 11 is 1.58. The number of piperazine rings is 1. The van der Waals surface area contributed by atoms with E-state index in [0.29, 0.717) is 29.5 Å². The number of hydrogen-bond donors (Lipinski definition) is 0. The molecule has 0 bridgehead atoms. The van der Waals surface area contributed by atoms with Gasteiger partial charge in [-0.25, -0.2) is 0 Å². The van der Waals surface area contributed by atoms with Gasteiger partial charge in [-0.05, 0) is 60.5 Å². The predicted molar refractivity (Wildman–Crippen MR) is 131 cm³/mol. The third-order valence-electron chi connectivity index (χ3n) is 7.63. The Morgan fingerprint density at radius 1 is 0.818 bits per heavy atom. The SMILES string of the molecule is O=C1c2ccccc2C(=O)N1C[C@H]1CCC[C@@H]1CN1CCN(c2nsc3ccccc23)CC1. The molecular weight excluding hydrogens is 432 g/mol. The number of hydrogen-bond acceptors (Lipinski definition) is 6. The van der Waals surface area contributed by atoms with E-state index in [9.17, 15) is 9.59 Å². The van der Waals surface area contributed by atoms with Crippen molar-refractivity contribution in [2.24, 2.45) is 11.8 Å². The number of amides is 2. The Morgan fingerprint density at radius 2 is 1.45 bits per heavy atom. The van der Waals surface area contributed by atoms with Gasteiger partial charge in [-0.2, -0.15) is 4.37 Å². The largest absolute Gasteiger partial charge is 0.353 e. The summed E-state index contributed by atoms with van der Waals surface area (Å²) in [7, 11) is 0. The maximum atomic E-state index is 12.8. The first-order chi connectivity index (χ1) is 16.2. The molecule has 6 nitrogen and oxygen atoms in total. The van der Waals surface area contributed by atoms with E-state index in [-0.39, 0.29) is 11.8 Å². The Hall–Kier alpha value is -2.77. The minimum absolute atomic E-state index is 0.120. The summed E-state index contributed by atoms with van der Waals surface area (Å²) in [4.78, 5) is 32.1. The van der Waals surface area contributed by atoms with E-state index in [1.807, 2.05) is 12.1 Å². The van der Waals surface area contributed by atoms with Gasteiger partial charge in [0.05, 0.1) is 15.8 Å². The Morgan fingerprint density at radius 3 is 2.18 bits per heavy atom. The Labute approximate surface area is 198 Å². The normalized spacial score (nSPS) is 23.6. The minimum atomic E-state index is -0.120. The number of nitrogens with zero attached hydrogens (tertiary/aromatic N) is 4. The topological polar surface area (TPSA) is 56.8 Å². The summed E-state index contributed by atoms with van der Waals surface area (Å²) in [6, 6.07) is 15.7. The summed E-state index contributed by atoms with van der Waals surface area (Å²) in [5, 5.41) is 1.26. The number of aromatic nitrogens is 1. The van der Waals surface area contributed by atoms with E-state index in [0.717, 1.165) is 45.0 Å². The van der Waals surface area contributed by atoms with Crippen LogP contribution in [0.4, 0.5) is 5.82 Å². The highest BCUT2D eigenvalue weighted by Crippen LogP contribution is 2.36. The molecule has 0 radical (unpaired) electrons. The fourth-order valence-electron chi connectivity index (χ4n) is 5.81. The van der Waals surface area contributed by atoms with Crippen LogP contribution in [0.3, 0.4) is 0 Å². The van der Waals surface area contributed by atoms with Crippen LogP contribution in [-0.2, 0) is 0 Å². The fraction of sp³-hybridized carbons (Fsp3) is 0.423. The Balaban J connectivity index is 1.07. The van der Waals surface area contributed by atoms with Crippen molar-refractivity contribution in [3.05, 3.63) is 59.7 Å². The lowest BCUT2D eigenvalue weighted by Gasteiger charge is -2.37. The fourth-order valence-corrected chi connectivity index (χ4v) is 6.60. The smallest absolute Gasteiger partial charge is 0.261 e. The van der Waals surface area contributed by atoms with Crippen LogP contribution in [0, 0.1) is 11.8 Å². The summed E-state index contributed by atoms with van der Waals surface area (Å²) in [6.45, 7) is 5.65. The molecule has 1 aromatic heterocycles. The molecule has 7 heteroatoms. The number of carbonyl (C=O) groups excluding carboxylic acids is 2. The molecule has 3 heterocycles. The van der Waals surface area contributed by atoms with Gasteiger partial charge in [-0.1, -0.05) is 30.7 Å². The van der Waals surface area contributed by atoms with Gasteiger partial charge in [-0.3, -0.25) is 19.4 Å². The van der Waals surface area contributed by atoms with Crippen LogP contribution >= 0.6 is 11.5 Å². The van der Waals surface area contributed by atoms with Gasteiger partial charge in [0.25, 0.3) is 11.8 Å². The number of rotatable bonds is 5. The molecule has 1 aliphatic carbocycles. The molecule has 3 aromatic rings. The zero-order chi connectivity index (χ0) is 22.4. The van der Waals surface area contributed by atoms with Gasteiger partial charge in [-0.15, -0.1) is 0 Å². The first-order valence-corrected chi connectivity index (χ1v) is 12.7. The van der Waals surface area contributed by atoms with Gasteiger partial charge in [0.2, 0.25) is 0 Å². The molecule has 3 aliphatic rings. The number of fused-ring (bicyclic) bond motifs is 2. The highest BCUT2D eigenvalue weighted by molar-refractivity contribution is 7.13. The van der Waals surface area contributed by atoms with Crippen LogP contribution in [0.1, 0.15) is 40.0 Å². The summed E-state index contributed by atoms with van der Waals surface area (Å²) in [6.07, 6.45) is 3.47. The molecular formula is C26H28N4O2S. The lowest BCUT2D eigenvalue weighted by molar-refractivity contribution is 0.0608. The number of imide groups is 1. The van der Waals surface area contributed by atoms with Gasteiger partial charge in [0, 0.05) is 44.7 Å². The second-order valence-electron chi connectivity index (χ2n) is 9.51. The molecule has 1 saturated carbocycles. The highest BCUT2D eigenvalue weighted by Gasteiger charge is 2.39. The number of anilines is 1. The van der Waals surface area contributed by atoms with E-state index in [2.05, 4.69) is 34.1 Å². The third kappa shape index (κ3) is 3.73. The van der Waals surface area contributed by atoms with Crippen molar-refractivity contribution >= 4 is 39.3 Å². The van der Waals surface area contributed by atoms with Crippen molar-refractivity contribution in [3.63, 3.8) is 0 Å². The van der Waals surface area contributed by atoms with Crippen molar-refractivity contribution in [2.45, 2.75) is 19.3 Å². The van der Waals surface area contributed by atoms with Gasteiger partial charge < -0.3 is 4.90 Å². The summed E-state index contributed by atoms with van der Waals surface area (Å²) in [5.41, 5.74) is 1.12. The second-order valence-corrected chi connectivity index (χ2v) is 10.3. The molecule has 2 fully saturated rings. The van der Waals surface area contributed by atoms with Crippen LogP contribution in [-0.4, -0.2) is 65.3 Å². The van der Waals surface area contributed by atoms with Crippen molar-refractivity contribution < 1.29 is 9.59 Å². The molecule has 0 unspecified atom stereocenters. The standard InChI is InChI=1S/C26H28N4O2S/c31-25-20-8-1-2-9-21(20)26(32)30(25)17-19-7-5-6-18(19)16-28-12-14-29(15-13-28)24-22-10-3-4-11-23(22)33-27-24/h1-4,8-11,18-19H,5-7,12-17H2/t18-,19-/m1/s1. The zero-order valence-electron chi connectivity index (χ0n) is 18.7. The van der Waals surface area contributed by atoms with E-state index < -0.39 is 0 Å². The summed E-state index contributed by atoms with van der Waals surface area (Å²) < 4.78 is 5.97. The minimum Gasteiger partial charge on any atom is -0.353 e. The van der Waals surface area contributed by atoms with Crippen molar-refractivity contribution in [2.75, 3.05) is 44.2 Å². The first kappa shape index (κ1) is 20.8. The first-order valence-electron chi connectivity index (χ1n) is 12.0. The summed E-state index contributed by atoms with van der Waals surface area (Å²) in [5.74, 6) is 1.82. The lowest BCUT2D eigenvalue weighted by atomic mass is 9.94. The maximum Gasteiger partial charge on any atom is 0.261 e. The van der Waals surface area contributed by atoms with E-state index in [4.69, 9.17) is 4.37 Å². The highest BCUT2D eigenvalue weighted by atomic mass is 32.1. The molecule has 1 saturated heterocycles. The van der Waals surface area contributed by atoms with Crippen LogP contribution in [0.2, 0.25) is 0 Å². The number of carbonyl (C=O) groups is 2. The van der Waals surface area contributed by atoms with Gasteiger partial charge >= 0.3 is 0 Å². The third-order valence-corrected chi connectivity index (χ3v) is 8.45. The van der Waals surface area contributed by atoms with Crippen molar-refractivity contribution in [1.29, 1.82) is 0 Å². The molecule has 0 spiro atoms. The maximum absolute atomic E-state index is 12.8.